The predicted molar refractivity (Wildman–Crippen MR) is 133 cm³/mol. The minimum atomic E-state index is 0.122. The number of unbranched alkanes of at least 4 members (excludes halogenated alkanes) is 6. The molecule has 0 unspecified atom stereocenters. The molecule has 3 aromatic rings. The molecule has 0 aliphatic heterocycles. The lowest BCUT2D eigenvalue weighted by atomic mass is 10.0. The molecule has 0 radical (unpaired) electrons. The van der Waals surface area contributed by atoms with Gasteiger partial charge in [-0.2, -0.15) is 0 Å². The van der Waals surface area contributed by atoms with Gasteiger partial charge in [-0.15, -0.1) is 0 Å². The normalized spacial score (nSPS) is 10.8. The topological polar surface area (TPSA) is 54.9 Å². The highest BCUT2D eigenvalue weighted by atomic mass is 16.1. The number of benzene rings is 1. The first-order valence-electron chi connectivity index (χ1n) is 12.0. The van der Waals surface area contributed by atoms with Gasteiger partial charge in [0.05, 0.1) is 11.4 Å². The van der Waals surface area contributed by atoms with Crippen molar-refractivity contribution < 1.29 is 4.79 Å². The molecule has 0 fully saturated rings. The number of aromatic nitrogens is 2. The first-order valence-corrected chi connectivity index (χ1v) is 12.0. The highest BCUT2D eigenvalue weighted by molar-refractivity contribution is 5.90. The van der Waals surface area contributed by atoms with E-state index in [-0.39, 0.29) is 5.91 Å². The molecular formula is C28H35N3O. The third kappa shape index (κ3) is 8.26. The van der Waals surface area contributed by atoms with Crippen LogP contribution in [0.5, 0.6) is 0 Å². The lowest BCUT2D eigenvalue weighted by Crippen LogP contribution is -2.10. The number of hydrogen-bond donors (Lipinski definition) is 1. The fraction of sp³-hybridized carbons (Fsp3) is 0.393. The summed E-state index contributed by atoms with van der Waals surface area (Å²) in [5, 5.41) is 2.99. The van der Waals surface area contributed by atoms with E-state index >= 15 is 0 Å². The number of hydrogen-bond acceptors (Lipinski definition) is 3. The predicted octanol–water partition coefficient (Wildman–Crippen LogP) is 7.01. The fourth-order valence-electron chi connectivity index (χ4n) is 3.83. The van der Waals surface area contributed by atoms with Crippen molar-refractivity contribution >= 4 is 11.6 Å². The summed E-state index contributed by atoms with van der Waals surface area (Å²) in [5.41, 5.74) is 5.39. The third-order valence-corrected chi connectivity index (χ3v) is 5.77. The van der Waals surface area contributed by atoms with E-state index in [4.69, 9.17) is 0 Å². The van der Waals surface area contributed by atoms with Crippen LogP contribution in [0.4, 0.5) is 5.69 Å². The zero-order valence-corrected chi connectivity index (χ0v) is 19.2. The van der Waals surface area contributed by atoms with Gasteiger partial charge in [-0.25, -0.2) is 0 Å². The Morgan fingerprint density at radius 1 is 0.750 bits per heavy atom. The van der Waals surface area contributed by atoms with Crippen LogP contribution in [0.3, 0.4) is 0 Å². The molecule has 0 aliphatic rings. The number of carbonyl (C=O) groups is 1. The third-order valence-electron chi connectivity index (χ3n) is 5.77. The molecule has 0 atom stereocenters. The number of nitrogens with one attached hydrogen (secondary N) is 1. The van der Waals surface area contributed by atoms with E-state index in [0.717, 1.165) is 42.8 Å². The Bertz CT molecular complexity index is 938. The van der Waals surface area contributed by atoms with E-state index in [9.17, 15) is 4.79 Å². The van der Waals surface area contributed by atoms with Crippen molar-refractivity contribution in [1.82, 2.24) is 9.97 Å². The highest BCUT2D eigenvalue weighted by Gasteiger charge is 2.03. The number of aryl methyl sites for hydroxylation is 2. The summed E-state index contributed by atoms with van der Waals surface area (Å²) in [6.07, 6.45) is 14.6. The summed E-state index contributed by atoms with van der Waals surface area (Å²) in [5.74, 6) is 0.122. The van der Waals surface area contributed by atoms with Gasteiger partial charge in [0, 0.05) is 24.5 Å². The van der Waals surface area contributed by atoms with Crippen molar-refractivity contribution in [2.24, 2.45) is 0 Å². The van der Waals surface area contributed by atoms with E-state index in [0.29, 0.717) is 6.42 Å². The minimum absolute atomic E-state index is 0.122. The lowest BCUT2D eigenvalue weighted by Gasteiger charge is -2.06. The van der Waals surface area contributed by atoms with Gasteiger partial charge in [-0.1, -0.05) is 57.2 Å². The van der Waals surface area contributed by atoms with Gasteiger partial charge in [0.1, 0.15) is 0 Å². The van der Waals surface area contributed by atoms with Gasteiger partial charge in [-0.3, -0.25) is 14.8 Å². The van der Waals surface area contributed by atoms with Crippen LogP contribution in [-0.4, -0.2) is 15.9 Å². The maximum absolute atomic E-state index is 12.1. The van der Waals surface area contributed by atoms with Crippen LogP contribution in [0.1, 0.15) is 69.4 Å². The monoisotopic (exact) mass is 429 g/mol. The van der Waals surface area contributed by atoms with Gasteiger partial charge >= 0.3 is 0 Å². The molecule has 4 heteroatoms. The molecule has 0 saturated heterocycles. The second kappa shape index (κ2) is 13.4. The van der Waals surface area contributed by atoms with Crippen molar-refractivity contribution in [2.45, 2.75) is 71.1 Å². The molecule has 168 valence electrons. The second-order valence-electron chi connectivity index (χ2n) is 8.34. The number of anilines is 1. The fourth-order valence-corrected chi connectivity index (χ4v) is 3.83. The molecule has 2 aromatic heterocycles. The number of amides is 1. The van der Waals surface area contributed by atoms with E-state index in [1.165, 1.54) is 43.2 Å². The highest BCUT2D eigenvalue weighted by Crippen LogP contribution is 2.17. The molecule has 0 saturated carbocycles. The van der Waals surface area contributed by atoms with Crippen LogP contribution in [0.2, 0.25) is 0 Å². The van der Waals surface area contributed by atoms with Crippen LogP contribution < -0.4 is 5.32 Å². The maximum atomic E-state index is 12.1. The molecule has 32 heavy (non-hydrogen) atoms. The summed E-state index contributed by atoms with van der Waals surface area (Å²) in [6, 6.07) is 18.3. The van der Waals surface area contributed by atoms with Crippen LogP contribution in [0, 0.1) is 0 Å². The van der Waals surface area contributed by atoms with Crippen molar-refractivity contribution in [3.63, 3.8) is 0 Å². The molecule has 4 nitrogen and oxygen atoms in total. The average Bonchev–Trinajstić information content (AvgIpc) is 2.84. The summed E-state index contributed by atoms with van der Waals surface area (Å²) in [7, 11) is 0. The van der Waals surface area contributed by atoms with E-state index in [2.05, 4.69) is 46.5 Å². The number of rotatable bonds is 13. The van der Waals surface area contributed by atoms with Crippen LogP contribution in [0.25, 0.3) is 11.4 Å². The maximum Gasteiger partial charge on any atom is 0.224 e. The summed E-state index contributed by atoms with van der Waals surface area (Å²) in [6.45, 7) is 2.13. The van der Waals surface area contributed by atoms with Gasteiger partial charge in [0.15, 0.2) is 0 Å². The summed E-state index contributed by atoms with van der Waals surface area (Å²) >= 11 is 0. The zero-order valence-electron chi connectivity index (χ0n) is 19.2. The number of carbonyl (C=O) groups excluding carboxylic acids is 1. The SMILES string of the molecule is CCc1ccc(NC(=O)CCCCCCCCCc2ccnc(-c3ccccn3)c2)cc1. The minimum Gasteiger partial charge on any atom is -0.326 e. The van der Waals surface area contributed by atoms with Crippen LogP contribution in [-0.2, 0) is 17.6 Å². The Kier molecular flexibility index (Phi) is 9.91. The Labute approximate surface area is 192 Å². The van der Waals surface area contributed by atoms with Gasteiger partial charge in [-0.05, 0) is 73.2 Å². The first kappa shape index (κ1) is 23.6. The van der Waals surface area contributed by atoms with Crippen LogP contribution in [0.15, 0.2) is 67.0 Å². The Balaban J connectivity index is 1.22. The lowest BCUT2D eigenvalue weighted by molar-refractivity contribution is -0.116. The Morgan fingerprint density at radius 3 is 2.19 bits per heavy atom. The molecule has 0 spiro atoms. The van der Waals surface area contributed by atoms with Crippen molar-refractivity contribution in [3.8, 4) is 11.4 Å². The second-order valence-corrected chi connectivity index (χ2v) is 8.34. The average molecular weight is 430 g/mol. The molecule has 2 heterocycles. The Morgan fingerprint density at radius 2 is 1.47 bits per heavy atom. The molecule has 0 bridgehead atoms. The quantitative estimate of drug-likeness (QED) is 0.297. The number of pyridine rings is 2. The van der Waals surface area contributed by atoms with Gasteiger partial charge in [0.25, 0.3) is 0 Å². The smallest absolute Gasteiger partial charge is 0.224 e. The van der Waals surface area contributed by atoms with Crippen molar-refractivity contribution in [3.05, 3.63) is 78.1 Å². The van der Waals surface area contributed by atoms with Crippen molar-refractivity contribution in [2.75, 3.05) is 5.32 Å². The van der Waals surface area contributed by atoms with E-state index in [1.54, 1.807) is 6.20 Å². The van der Waals surface area contributed by atoms with Crippen molar-refractivity contribution in [1.29, 1.82) is 0 Å². The molecule has 0 aliphatic carbocycles. The van der Waals surface area contributed by atoms with E-state index in [1.807, 2.05) is 36.5 Å². The molecule has 3 rings (SSSR count). The van der Waals surface area contributed by atoms with Gasteiger partial charge in [0.2, 0.25) is 5.91 Å². The molecular weight excluding hydrogens is 394 g/mol. The zero-order chi connectivity index (χ0) is 22.4. The Hall–Kier alpha value is -3.01. The van der Waals surface area contributed by atoms with Gasteiger partial charge < -0.3 is 5.32 Å². The first-order chi connectivity index (χ1) is 15.7. The molecule has 1 aromatic carbocycles. The largest absolute Gasteiger partial charge is 0.326 e. The molecule has 1 amide bonds. The standard InChI is InChI=1S/C28H35N3O/c1-2-23-15-17-25(18-16-23)31-28(32)14-9-7-5-3-4-6-8-12-24-19-21-30-27(22-24)26-13-10-11-20-29-26/h10-11,13,15-22H,2-9,12,14H2,1H3,(H,31,32). The number of nitrogens with zero attached hydrogens (tertiary/aromatic N) is 2. The molecule has 1 N–H and O–H groups in total. The van der Waals surface area contributed by atoms with Crippen LogP contribution >= 0.6 is 0 Å². The summed E-state index contributed by atoms with van der Waals surface area (Å²) in [4.78, 5) is 20.9. The van der Waals surface area contributed by atoms with E-state index < -0.39 is 0 Å². The summed E-state index contributed by atoms with van der Waals surface area (Å²) < 4.78 is 0.